The first-order chi connectivity index (χ1) is 13.8. The minimum absolute atomic E-state index is 0.0391. The Morgan fingerprint density at radius 3 is 2.69 bits per heavy atom. The highest BCUT2D eigenvalue weighted by molar-refractivity contribution is 5.84. The van der Waals surface area contributed by atoms with Gasteiger partial charge in [0.2, 0.25) is 0 Å². The monoisotopic (exact) mass is 406 g/mol. The molecule has 4 aromatic heterocycles. The van der Waals surface area contributed by atoms with E-state index in [1.54, 1.807) is 0 Å². The molecule has 0 spiro atoms. The Balaban J connectivity index is 1.80. The van der Waals surface area contributed by atoms with Gasteiger partial charge in [-0.25, -0.2) is 14.3 Å². The number of aromatic amines is 1. The third-order valence-corrected chi connectivity index (χ3v) is 3.87. The van der Waals surface area contributed by atoms with Crippen LogP contribution in [0.5, 0.6) is 0 Å². The van der Waals surface area contributed by atoms with Crippen LogP contribution in [-0.2, 0) is 10.9 Å². The fourth-order valence-electron chi connectivity index (χ4n) is 2.48. The van der Waals surface area contributed by atoms with Crippen LogP contribution in [0.25, 0.3) is 28.5 Å². The van der Waals surface area contributed by atoms with Crippen LogP contribution in [0.4, 0.5) is 13.2 Å². The summed E-state index contributed by atoms with van der Waals surface area (Å²) in [6, 6.07) is 3.05. The van der Waals surface area contributed by atoms with Gasteiger partial charge in [0, 0.05) is 18.5 Å². The van der Waals surface area contributed by atoms with Gasteiger partial charge in [0.05, 0.1) is 24.1 Å². The van der Waals surface area contributed by atoms with Crippen LogP contribution < -0.4 is 5.56 Å². The zero-order valence-corrected chi connectivity index (χ0v) is 14.4. The Bertz CT molecular complexity index is 1270. The molecule has 0 atom stereocenters. The molecule has 0 unspecified atom stereocenters. The molecule has 0 aromatic carbocycles. The maximum absolute atomic E-state index is 12.7. The second-order valence-corrected chi connectivity index (χ2v) is 5.66. The summed E-state index contributed by atoms with van der Waals surface area (Å²) >= 11 is 0. The first kappa shape index (κ1) is 18.3. The van der Waals surface area contributed by atoms with E-state index in [2.05, 4.69) is 30.0 Å². The Morgan fingerprint density at radius 2 is 2.03 bits per heavy atom. The summed E-state index contributed by atoms with van der Waals surface area (Å²) in [7, 11) is 1.14. The average Bonchev–Trinajstić information content (AvgIpc) is 3.34. The van der Waals surface area contributed by atoms with Crippen LogP contribution in [0.1, 0.15) is 16.2 Å². The molecular formula is C16H9F3N6O4. The number of fused-ring (bicyclic) bond motifs is 1. The molecule has 0 bridgehead atoms. The van der Waals surface area contributed by atoms with E-state index >= 15 is 0 Å². The predicted molar refractivity (Wildman–Crippen MR) is 88.7 cm³/mol. The Kier molecular flexibility index (Phi) is 4.14. The minimum atomic E-state index is -4.54. The number of nitrogens with one attached hydrogen (secondary N) is 1. The summed E-state index contributed by atoms with van der Waals surface area (Å²) in [6.45, 7) is 0. The zero-order valence-electron chi connectivity index (χ0n) is 14.4. The molecule has 29 heavy (non-hydrogen) atoms. The molecule has 13 heteroatoms. The molecule has 0 saturated heterocycles. The van der Waals surface area contributed by atoms with E-state index in [9.17, 15) is 22.8 Å². The van der Waals surface area contributed by atoms with Crippen LogP contribution >= 0.6 is 0 Å². The summed E-state index contributed by atoms with van der Waals surface area (Å²) in [5, 5.41) is 9.90. The van der Waals surface area contributed by atoms with Gasteiger partial charge < -0.3 is 9.15 Å². The van der Waals surface area contributed by atoms with Crippen LogP contribution in [0.3, 0.4) is 0 Å². The lowest BCUT2D eigenvalue weighted by molar-refractivity contribution is -0.137. The lowest BCUT2D eigenvalue weighted by atomic mass is 10.2. The van der Waals surface area contributed by atoms with E-state index < -0.39 is 29.2 Å². The van der Waals surface area contributed by atoms with Crippen LogP contribution in [0.2, 0.25) is 0 Å². The Morgan fingerprint density at radius 1 is 1.24 bits per heavy atom. The van der Waals surface area contributed by atoms with Crippen molar-refractivity contribution in [1.29, 1.82) is 0 Å². The van der Waals surface area contributed by atoms with Gasteiger partial charge in [0.15, 0.2) is 5.65 Å². The number of hydrogen-bond acceptors (Lipinski definition) is 8. The van der Waals surface area contributed by atoms with Crippen molar-refractivity contribution >= 4 is 11.6 Å². The second-order valence-electron chi connectivity index (χ2n) is 5.66. The van der Waals surface area contributed by atoms with E-state index in [0.29, 0.717) is 6.20 Å². The summed E-state index contributed by atoms with van der Waals surface area (Å²) in [5.41, 5.74) is -1.14. The number of aromatic nitrogens is 6. The van der Waals surface area contributed by atoms with Crippen LogP contribution in [0, 0.1) is 0 Å². The van der Waals surface area contributed by atoms with Crippen molar-refractivity contribution in [2.45, 2.75) is 6.18 Å². The smallest absolute Gasteiger partial charge is 0.417 e. The highest BCUT2D eigenvalue weighted by atomic mass is 19.4. The number of rotatable bonds is 3. The number of hydrogen-bond donors (Lipinski definition) is 1. The fraction of sp³-hybridized carbons (Fsp3) is 0.125. The summed E-state index contributed by atoms with van der Waals surface area (Å²) in [4.78, 5) is 31.8. The molecule has 0 aliphatic rings. The molecule has 0 saturated carbocycles. The largest absolute Gasteiger partial charge is 0.462 e. The second kappa shape index (κ2) is 6.54. The molecular weight excluding hydrogens is 397 g/mol. The standard InChI is InChI=1S/C16H9F3N6O4/c1-28-15(27)14-24-23-13(29-14)8-6-21-25-11(26)4-10(22-12(8)25)9-3-2-7(5-20-9)16(17,18)19/h2-6,21H,1H3. The number of H-pyrrole nitrogens is 1. The molecule has 0 amide bonds. The van der Waals surface area contributed by atoms with Gasteiger partial charge in [-0.05, 0) is 12.1 Å². The van der Waals surface area contributed by atoms with Gasteiger partial charge in [-0.15, -0.1) is 10.2 Å². The highest BCUT2D eigenvalue weighted by Crippen LogP contribution is 2.29. The summed E-state index contributed by atoms with van der Waals surface area (Å²) in [6.07, 6.45) is -2.54. The van der Waals surface area contributed by atoms with E-state index in [4.69, 9.17) is 4.42 Å². The van der Waals surface area contributed by atoms with Gasteiger partial charge in [-0.2, -0.15) is 13.2 Å². The van der Waals surface area contributed by atoms with Crippen molar-refractivity contribution in [3.05, 3.63) is 52.4 Å². The number of nitrogens with zero attached hydrogens (tertiary/aromatic N) is 5. The van der Waals surface area contributed by atoms with E-state index in [1.807, 2.05) is 0 Å². The van der Waals surface area contributed by atoms with Crippen LogP contribution in [0.15, 0.2) is 39.8 Å². The van der Waals surface area contributed by atoms with Crippen molar-refractivity contribution in [1.82, 2.24) is 29.8 Å². The summed E-state index contributed by atoms with van der Waals surface area (Å²) in [5.74, 6) is -1.36. The van der Waals surface area contributed by atoms with Gasteiger partial charge in [0.1, 0.15) is 5.56 Å². The molecule has 4 heterocycles. The predicted octanol–water partition coefficient (Wildman–Crippen LogP) is 1.94. The SMILES string of the molecule is COC(=O)c1nnc(-c2c[nH]n3c(=O)cc(-c4ccc(C(F)(F)F)cn4)nc23)o1. The highest BCUT2D eigenvalue weighted by Gasteiger charge is 2.30. The third-order valence-electron chi connectivity index (χ3n) is 3.87. The van der Waals surface area contributed by atoms with Crippen molar-refractivity contribution in [3.63, 3.8) is 0 Å². The van der Waals surface area contributed by atoms with Gasteiger partial charge in [0.25, 0.3) is 11.4 Å². The Labute approximate surface area is 158 Å². The number of carbonyl (C=O) groups excluding carboxylic acids is 1. The lowest BCUT2D eigenvalue weighted by Crippen LogP contribution is -2.14. The molecule has 10 nitrogen and oxygen atoms in total. The van der Waals surface area contributed by atoms with E-state index in [0.717, 1.165) is 29.8 Å². The number of halogens is 3. The first-order valence-corrected chi connectivity index (χ1v) is 7.85. The molecule has 0 aliphatic carbocycles. The average molecular weight is 406 g/mol. The van der Waals surface area contributed by atoms with Gasteiger partial charge >= 0.3 is 18.0 Å². The quantitative estimate of drug-likeness (QED) is 0.511. The van der Waals surface area contributed by atoms with Crippen molar-refractivity contribution < 1.29 is 27.1 Å². The number of carbonyl (C=O) groups is 1. The molecule has 0 fully saturated rings. The topological polar surface area (TPSA) is 128 Å². The molecule has 1 N–H and O–H groups in total. The number of methoxy groups -OCH3 is 1. The fourth-order valence-corrected chi connectivity index (χ4v) is 2.48. The number of esters is 1. The van der Waals surface area contributed by atoms with Crippen molar-refractivity contribution in [2.75, 3.05) is 7.11 Å². The van der Waals surface area contributed by atoms with Gasteiger partial charge in [-0.3, -0.25) is 14.9 Å². The number of alkyl halides is 3. The van der Waals surface area contributed by atoms with Crippen molar-refractivity contribution in [3.8, 4) is 22.8 Å². The molecule has 4 rings (SSSR count). The molecule has 148 valence electrons. The zero-order chi connectivity index (χ0) is 20.8. The van der Waals surface area contributed by atoms with E-state index in [-0.39, 0.29) is 28.5 Å². The first-order valence-electron chi connectivity index (χ1n) is 7.85. The van der Waals surface area contributed by atoms with Crippen molar-refractivity contribution in [2.24, 2.45) is 0 Å². The maximum atomic E-state index is 12.7. The molecule has 4 aromatic rings. The maximum Gasteiger partial charge on any atom is 0.417 e. The number of ether oxygens (including phenoxy) is 1. The van der Waals surface area contributed by atoms with E-state index in [1.165, 1.54) is 6.20 Å². The lowest BCUT2D eigenvalue weighted by Gasteiger charge is -2.06. The van der Waals surface area contributed by atoms with Crippen LogP contribution in [-0.4, -0.2) is 42.9 Å². The normalized spacial score (nSPS) is 11.7. The number of pyridine rings is 1. The molecule has 0 radical (unpaired) electrons. The minimum Gasteiger partial charge on any atom is -0.462 e. The third kappa shape index (κ3) is 3.22. The molecule has 0 aliphatic heterocycles. The summed E-state index contributed by atoms with van der Waals surface area (Å²) < 4.78 is 48.9. The Hall–Kier alpha value is -4.03. The van der Waals surface area contributed by atoms with Gasteiger partial charge in [-0.1, -0.05) is 0 Å².